The van der Waals surface area contributed by atoms with Crippen LogP contribution in [0.15, 0.2) is 24.3 Å². The van der Waals surface area contributed by atoms with Gasteiger partial charge < -0.3 is 20.3 Å². The SMILES string of the molecule is COc1ccc(NC(=O)C[NH+](C)CC(=O)N[C@@H]2CS(=O)(=O)C[C@@H]2Cl)cc1. The Bertz CT molecular complexity index is 754. The van der Waals surface area contributed by atoms with E-state index in [1.165, 1.54) is 0 Å². The second-order valence-electron chi connectivity index (χ2n) is 6.35. The van der Waals surface area contributed by atoms with Gasteiger partial charge in [0.1, 0.15) is 5.75 Å². The van der Waals surface area contributed by atoms with Gasteiger partial charge in [-0.1, -0.05) is 0 Å². The van der Waals surface area contributed by atoms with Crippen molar-refractivity contribution in [1.29, 1.82) is 0 Å². The molecule has 0 aromatic heterocycles. The molecule has 0 radical (unpaired) electrons. The van der Waals surface area contributed by atoms with E-state index >= 15 is 0 Å². The number of hydrogen-bond donors (Lipinski definition) is 3. The van der Waals surface area contributed by atoms with E-state index in [2.05, 4.69) is 10.6 Å². The van der Waals surface area contributed by atoms with E-state index in [-0.39, 0.29) is 36.4 Å². The first-order chi connectivity index (χ1) is 12.2. The van der Waals surface area contributed by atoms with Crippen LogP contribution >= 0.6 is 11.6 Å². The average Bonchev–Trinajstić information content (AvgIpc) is 2.79. The number of sulfone groups is 1. The molecule has 2 rings (SSSR count). The maximum absolute atomic E-state index is 12.0. The molecule has 0 spiro atoms. The number of nitrogens with one attached hydrogen (secondary N) is 3. The van der Waals surface area contributed by atoms with E-state index in [9.17, 15) is 18.0 Å². The summed E-state index contributed by atoms with van der Waals surface area (Å²) in [6.45, 7) is 0.128. The highest BCUT2D eigenvalue weighted by Crippen LogP contribution is 2.17. The molecule has 0 bridgehead atoms. The summed E-state index contributed by atoms with van der Waals surface area (Å²) in [5, 5.41) is 4.75. The van der Waals surface area contributed by atoms with Crippen LogP contribution in [-0.2, 0) is 19.4 Å². The van der Waals surface area contributed by atoms with Crippen LogP contribution in [0.25, 0.3) is 0 Å². The first-order valence-electron chi connectivity index (χ1n) is 8.07. The van der Waals surface area contributed by atoms with Crippen molar-refractivity contribution in [1.82, 2.24) is 5.32 Å². The van der Waals surface area contributed by atoms with Gasteiger partial charge in [0.2, 0.25) is 0 Å². The summed E-state index contributed by atoms with van der Waals surface area (Å²) < 4.78 is 28.1. The van der Waals surface area contributed by atoms with Gasteiger partial charge in [0, 0.05) is 5.69 Å². The van der Waals surface area contributed by atoms with E-state index < -0.39 is 21.3 Å². The summed E-state index contributed by atoms with van der Waals surface area (Å²) in [6, 6.07) is 6.32. The van der Waals surface area contributed by atoms with Crippen LogP contribution in [0.2, 0.25) is 0 Å². The molecule has 26 heavy (non-hydrogen) atoms. The van der Waals surface area contributed by atoms with Crippen molar-refractivity contribution in [2.75, 3.05) is 44.1 Å². The summed E-state index contributed by atoms with van der Waals surface area (Å²) in [4.78, 5) is 24.8. The van der Waals surface area contributed by atoms with Gasteiger partial charge in [-0.2, -0.15) is 0 Å². The molecule has 2 amide bonds. The zero-order chi connectivity index (χ0) is 19.3. The van der Waals surface area contributed by atoms with Crippen LogP contribution in [0.3, 0.4) is 0 Å². The fourth-order valence-electron chi connectivity index (χ4n) is 2.68. The van der Waals surface area contributed by atoms with Gasteiger partial charge in [0.15, 0.2) is 22.9 Å². The number of likely N-dealkylation sites (N-methyl/N-ethyl adjacent to an activating group) is 1. The van der Waals surface area contributed by atoms with Crippen LogP contribution in [0.1, 0.15) is 0 Å². The minimum Gasteiger partial charge on any atom is -0.497 e. The minimum absolute atomic E-state index is 0.0379. The first kappa shape index (κ1) is 20.5. The number of methoxy groups -OCH3 is 1. The third kappa shape index (κ3) is 6.15. The number of carbonyl (C=O) groups excluding carboxylic acids is 2. The fraction of sp³-hybridized carbons (Fsp3) is 0.500. The van der Waals surface area contributed by atoms with Gasteiger partial charge in [0.25, 0.3) is 11.8 Å². The number of alkyl halides is 1. The molecule has 1 unspecified atom stereocenters. The molecule has 1 fully saturated rings. The van der Waals surface area contributed by atoms with E-state index in [4.69, 9.17) is 16.3 Å². The van der Waals surface area contributed by atoms with Crippen molar-refractivity contribution in [2.45, 2.75) is 11.4 Å². The Morgan fingerprint density at radius 2 is 1.81 bits per heavy atom. The topological polar surface area (TPSA) is 106 Å². The van der Waals surface area contributed by atoms with Crippen LogP contribution in [-0.4, -0.2) is 70.4 Å². The third-order valence-electron chi connectivity index (χ3n) is 3.93. The van der Waals surface area contributed by atoms with Crippen LogP contribution < -0.4 is 20.3 Å². The van der Waals surface area contributed by atoms with Crippen molar-refractivity contribution in [3.05, 3.63) is 24.3 Å². The molecular formula is C16H23ClN3O5S+. The molecule has 1 saturated heterocycles. The normalized spacial score (nSPS) is 22.4. The lowest BCUT2D eigenvalue weighted by atomic mass is 10.2. The second-order valence-corrected chi connectivity index (χ2v) is 9.07. The largest absolute Gasteiger partial charge is 0.497 e. The number of rotatable bonds is 7. The highest BCUT2D eigenvalue weighted by Gasteiger charge is 2.37. The number of benzene rings is 1. The molecule has 10 heteroatoms. The third-order valence-corrected chi connectivity index (χ3v) is 6.30. The predicted molar refractivity (Wildman–Crippen MR) is 98.5 cm³/mol. The zero-order valence-corrected chi connectivity index (χ0v) is 16.2. The number of halogens is 1. The van der Waals surface area contributed by atoms with Gasteiger partial charge in [-0.3, -0.25) is 9.59 Å². The van der Waals surface area contributed by atoms with Gasteiger partial charge in [-0.15, -0.1) is 11.6 Å². The predicted octanol–water partition coefficient (Wildman–Crippen LogP) is -1.33. The standard InChI is InChI=1S/C16H22ClN3O5S/c1-20(7-15(21)18-11-3-5-12(25-2)6-4-11)8-16(22)19-14-10-26(23,24)9-13(14)17/h3-6,13-14H,7-10H2,1-2H3,(H,18,21)(H,19,22)/p+1/t13-,14+/m0/s1. The Morgan fingerprint density at radius 1 is 1.19 bits per heavy atom. The zero-order valence-electron chi connectivity index (χ0n) is 14.6. The van der Waals surface area contributed by atoms with E-state index in [0.29, 0.717) is 16.3 Å². The van der Waals surface area contributed by atoms with Crippen LogP contribution in [0.5, 0.6) is 5.75 Å². The molecule has 3 atom stereocenters. The highest BCUT2D eigenvalue weighted by atomic mass is 35.5. The summed E-state index contributed by atoms with van der Waals surface area (Å²) in [6.07, 6.45) is 0. The monoisotopic (exact) mass is 404 g/mol. The molecule has 1 aromatic carbocycles. The number of quaternary nitrogens is 1. The van der Waals surface area contributed by atoms with Crippen molar-refractivity contribution < 1.29 is 27.6 Å². The van der Waals surface area contributed by atoms with E-state index in [1.807, 2.05) is 0 Å². The van der Waals surface area contributed by atoms with Gasteiger partial charge in [-0.05, 0) is 24.3 Å². The highest BCUT2D eigenvalue weighted by molar-refractivity contribution is 7.91. The molecule has 0 saturated carbocycles. The summed E-state index contributed by atoms with van der Waals surface area (Å²) in [5.41, 5.74) is 0.634. The molecule has 0 aliphatic carbocycles. The summed E-state index contributed by atoms with van der Waals surface area (Å²) in [5.74, 6) is -0.170. The molecule has 144 valence electrons. The summed E-state index contributed by atoms with van der Waals surface area (Å²) in [7, 11) is 0.0611. The molecule has 1 aromatic rings. The van der Waals surface area contributed by atoms with E-state index in [0.717, 1.165) is 0 Å². The van der Waals surface area contributed by atoms with Crippen molar-refractivity contribution >= 4 is 38.9 Å². The Morgan fingerprint density at radius 3 is 2.35 bits per heavy atom. The van der Waals surface area contributed by atoms with Crippen LogP contribution in [0.4, 0.5) is 5.69 Å². The minimum atomic E-state index is -3.20. The number of carbonyl (C=O) groups is 2. The van der Waals surface area contributed by atoms with Crippen molar-refractivity contribution in [3.8, 4) is 5.75 Å². The number of anilines is 1. The first-order valence-corrected chi connectivity index (χ1v) is 10.3. The Kier molecular flexibility index (Phi) is 6.85. The molecule has 1 heterocycles. The quantitative estimate of drug-likeness (QED) is 0.488. The van der Waals surface area contributed by atoms with Gasteiger partial charge in [-0.25, -0.2) is 8.42 Å². The lowest BCUT2D eigenvalue weighted by molar-refractivity contribution is -0.862. The number of amides is 2. The molecule has 1 aliphatic rings. The summed E-state index contributed by atoms with van der Waals surface area (Å²) >= 11 is 5.97. The molecule has 1 aliphatic heterocycles. The molecule has 3 N–H and O–H groups in total. The van der Waals surface area contributed by atoms with E-state index in [1.54, 1.807) is 38.4 Å². The van der Waals surface area contributed by atoms with Crippen LogP contribution in [0, 0.1) is 0 Å². The number of hydrogen-bond acceptors (Lipinski definition) is 5. The fourth-order valence-corrected chi connectivity index (χ4v) is 5.23. The molecule has 8 nitrogen and oxygen atoms in total. The lowest BCUT2D eigenvalue weighted by Crippen LogP contribution is -3.11. The van der Waals surface area contributed by atoms with Crippen molar-refractivity contribution in [2.24, 2.45) is 0 Å². The lowest BCUT2D eigenvalue weighted by Gasteiger charge is -2.17. The Hall–Kier alpha value is -1.84. The second kappa shape index (κ2) is 8.70. The van der Waals surface area contributed by atoms with Gasteiger partial charge in [0.05, 0.1) is 37.1 Å². The van der Waals surface area contributed by atoms with Gasteiger partial charge >= 0.3 is 0 Å². The molecular weight excluding hydrogens is 382 g/mol. The van der Waals surface area contributed by atoms with Crippen molar-refractivity contribution in [3.63, 3.8) is 0 Å². The maximum Gasteiger partial charge on any atom is 0.279 e. The average molecular weight is 405 g/mol. The smallest absolute Gasteiger partial charge is 0.279 e. The Labute approximate surface area is 157 Å². The maximum atomic E-state index is 12.0. The number of ether oxygens (including phenoxy) is 1. The Balaban J connectivity index is 1.77.